The highest BCUT2D eigenvalue weighted by atomic mass is 35.5. The number of sulfonamides is 1. The predicted octanol–water partition coefficient (Wildman–Crippen LogP) is 1.79. The molecular formula is C19H26ClN3O5S2. The van der Waals surface area contributed by atoms with E-state index in [1.54, 1.807) is 24.0 Å². The smallest absolute Gasteiger partial charge is 0.271 e. The van der Waals surface area contributed by atoms with E-state index in [-0.39, 0.29) is 29.8 Å². The zero-order chi connectivity index (χ0) is 21.9. The van der Waals surface area contributed by atoms with Crippen LogP contribution in [0.15, 0.2) is 23.9 Å². The average Bonchev–Trinajstić information content (AvgIpc) is 3.29. The number of carbonyl (C=O) groups excluding carboxylic acids is 2. The lowest BCUT2D eigenvalue weighted by atomic mass is 10.1. The first kappa shape index (κ1) is 23.1. The molecule has 1 fully saturated rings. The topological polar surface area (TPSA) is 96.0 Å². The molecule has 0 saturated carbocycles. The number of rotatable bonds is 8. The van der Waals surface area contributed by atoms with Crippen LogP contribution in [-0.2, 0) is 24.3 Å². The third-order valence-electron chi connectivity index (χ3n) is 5.17. The van der Waals surface area contributed by atoms with Crippen molar-refractivity contribution in [2.45, 2.75) is 32.2 Å². The maximum atomic E-state index is 12.9. The molecule has 3 rings (SSSR count). The van der Waals surface area contributed by atoms with E-state index in [9.17, 15) is 18.0 Å². The van der Waals surface area contributed by atoms with Gasteiger partial charge in [0.2, 0.25) is 15.9 Å². The molecule has 3 heterocycles. The van der Waals surface area contributed by atoms with E-state index in [0.717, 1.165) is 4.88 Å². The van der Waals surface area contributed by atoms with Crippen LogP contribution in [0.4, 0.5) is 0 Å². The van der Waals surface area contributed by atoms with Crippen LogP contribution in [-0.4, -0.2) is 74.7 Å². The Bertz CT molecular complexity index is 924. The van der Waals surface area contributed by atoms with Crippen molar-refractivity contribution in [3.63, 3.8) is 0 Å². The van der Waals surface area contributed by atoms with E-state index < -0.39 is 22.0 Å². The van der Waals surface area contributed by atoms with Gasteiger partial charge in [-0.15, -0.1) is 11.3 Å². The second-order valence-electron chi connectivity index (χ2n) is 7.36. The van der Waals surface area contributed by atoms with Gasteiger partial charge in [0.05, 0.1) is 23.3 Å². The number of morpholine rings is 1. The molecule has 1 unspecified atom stereocenters. The SMILES string of the molecule is CC[C@@H](C(=O)N1CCOCC1)N1CC=C(NS(=O)(=O)CC(C)c2ccc(Cl)s2)C1=O. The quantitative estimate of drug-likeness (QED) is 0.618. The van der Waals surface area contributed by atoms with Crippen LogP contribution in [0.2, 0.25) is 4.34 Å². The number of nitrogens with one attached hydrogen (secondary N) is 1. The molecule has 2 aliphatic rings. The van der Waals surface area contributed by atoms with Gasteiger partial charge in [0.1, 0.15) is 11.7 Å². The van der Waals surface area contributed by atoms with Gasteiger partial charge in [0.15, 0.2) is 0 Å². The van der Waals surface area contributed by atoms with Crippen LogP contribution in [0, 0.1) is 0 Å². The molecule has 0 aromatic carbocycles. The summed E-state index contributed by atoms with van der Waals surface area (Å²) in [4.78, 5) is 29.7. The maximum Gasteiger partial charge on any atom is 0.271 e. The zero-order valence-electron chi connectivity index (χ0n) is 17.0. The van der Waals surface area contributed by atoms with Crippen LogP contribution < -0.4 is 4.72 Å². The number of halogens is 1. The minimum atomic E-state index is -3.75. The lowest BCUT2D eigenvalue weighted by molar-refractivity contribution is -0.146. The summed E-state index contributed by atoms with van der Waals surface area (Å²) in [5.74, 6) is -1.04. The number of hydrogen-bond donors (Lipinski definition) is 1. The van der Waals surface area contributed by atoms with Crippen molar-refractivity contribution in [2.75, 3.05) is 38.6 Å². The molecule has 166 valence electrons. The first-order chi connectivity index (χ1) is 14.2. The number of amides is 2. The van der Waals surface area contributed by atoms with Crippen molar-refractivity contribution >= 4 is 44.8 Å². The molecule has 0 radical (unpaired) electrons. The van der Waals surface area contributed by atoms with Crippen molar-refractivity contribution in [3.05, 3.63) is 33.1 Å². The van der Waals surface area contributed by atoms with E-state index >= 15 is 0 Å². The Morgan fingerprint density at radius 2 is 2.03 bits per heavy atom. The zero-order valence-corrected chi connectivity index (χ0v) is 19.4. The fourth-order valence-corrected chi connectivity index (χ4v) is 6.25. The van der Waals surface area contributed by atoms with Gasteiger partial charge in [0, 0.05) is 30.4 Å². The number of hydrogen-bond acceptors (Lipinski definition) is 6. The van der Waals surface area contributed by atoms with Gasteiger partial charge in [-0.2, -0.15) is 0 Å². The summed E-state index contributed by atoms with van der Waals surface area (Å²) < 4.78 is 33.5. The lowest BCUT2D eigenvalue weighted by Gasteiger charge is -2.34. The highest BCUT2D eigenvalue weighted by molar-refractivity contribution is 7.89. The monoisotopic (exact) mass is 475 g/mol. The maximum absolute atomic E-state index is 12.9. The van der Waals surface area contributed by atoms with E-state index in [0.29, 0.717) is 37.1 Å². The summed E-state index contributed by atoms with van der Waals surface area (Å²) in [6.07, 6.45) is 1.98. The minimum Gasteiger partial charge on any atom is -0.378 e. The second-order valence-corrected chi connectivity index (χ2v) is 10.9. The molecule has 0 spiro atoms. The molecule has 8 nitrogen and oxygen atoms in total. The van der Waals surface area contributed by atoms with E-state index in [4.69, 9.17) is 16.3 Å². The molecule has 1 N–H and O–H groups in total. The lowest BCUT2D eigenvalue weighted by Crippen LogP contribution is -2.52. The Morgan fingerprint density at radius 3 is 2.63 bits per heavy atom. The van der Waals surface area contributed by atoms with Gasteiger partial charge >= 0.3 is 0 Å². The second kappa shape index (κ2) is 9.67. The fraction of sp³-hybridized carbons (Fsp3) is 0.579. The van der Waals surface area contributed by atoms with Gasteiger partial charge in [-0.25, -0.2) is 8.42 Å². The van der Waals surface area contributed by atoms with Gasteiger partial charge in [-0.05, 0) is 24.6 Å². The normalized spacial score (nSPS) is 19.6. The molecule has 30 heavy (non-hydrogen) atoms. The van der Waals surface area contributed by atoms with Crippen molar-refractivity contribution in [1.82, 2.24) is 14.5 Å². The molecule has 2 aliphatic heterocycles. The Morgan fingerprint density at radius 1 is 1.33 bits per heavy atom. The fourth-order valence-electron chi connectivity index (χ4n) is 3.61. The number of nitrogens with zero attached hydrogens (tertiary/aromatic N) is 2. The number of thiophene rings is 1. The summed E-state index contributed by atoms with van der Waals surface area (Å²) in [7, 11) is -3.75. The Labute approximate surface area is 185 Å². The van der Waals surface area contributed by atoms with Crippen molar-refractivity contribution in [3.8, 4) is 0 Å². The van der Waals surface area contributed by atoms with Crippen LogP contribution in [0.5, 0.6) is 0 Å². The van der Waals surface area contributed by atoms with Crippen molar-refractivity contribution in [2.24, 2.45) is 0 Å². The Balaban J connectivity index is 1.62. The standard InChI is InChI=1S/C19H26ClN3O5S2/c1-3-15(19(25)22-8-10-28-11-9-22)23-7-6-14(18(23)24)21-30(26,27)12-13(2)16-4-5-17(20)29-16/h4-6,13,15,21H,3,7-12H2,1-2H3/t13?,15-/m0/s1. The van der Waals surface area contributed by atoms with Crippen LogP contribution >= 0.6 is 22.9 Å². The minimum absolute atomic E-state index is 0.000334. The van der Waals surface area contributed by atoms with Gasteiger partial charge in [0.25, 0.3) is 5.91 Å². The summed E-state index contributed by atoms with van der Waals surface area (Å²) in [6.45, 7) is 5.78. The van der Waals surface area contributed by atoms with Gasteiger partial charge in [-0.1, -0.05) is 25.4 Å². The summed E-state index contributed by atoms with van der Waals surface area (Å²) in [5, 5.41) is 0. The molecule has 1 aromatic rings. The Hall–Kier alpha value is -1.62. The highest BCUT2D eigenvalue weighted by Gasteiger charge is 2.37. The molecule has 0 aliphatic carbocycles. The first-order valence-corrected chi connectivity index (χ1v) is 12.7. The third kappa shape index (κ3) is 5.35. The first-order valence-electron chi connectivity index (χ1n) is 9.85. The van der Waals surface area contributed by atoms with Crippen molar-refractivity contribution in [1.29, 1.82) is 0 Å². The third-order valence-corrected chi connectivity index (χ3v) is 8.10. The highest BCUT2D eigenvalue weighted by Crippen LogP contribution is 2.29. The molecular weight excluding hydrogens is 450 g/mol. The molecule has 1 aromatic heterocycles. The summed E-state index contributed by atoms with van der Waals surface area (Å²) in [5.41, 5.74) is -0.000334. The van der Waals surface area contributed by atoms with Gasteiger partial charge in [-0.3, -0.25) is 14.3 Å². The van der Waals surface area contributed by atoms with E-state index in [1.165, 1.54) is 22.3 Å². The van der Waals surface area contributed by atoms with Crippen LogP contribution in [0.1, 0.15) is 31.1 Å². The average molecular weight is 476 g/mol. The number of carbonyl (C=O) groups is 2. The molecule has 2 amide bonds. The molecule has 1 saturated heterocycles. The van der Waals surface area contributed by atoms with E-state index in [2.05, 4.69) is 4.72 Å². The number of ether oxygens (including phenoxy) is 1. The predicted molar refractivity (Wildman–Crippen MR) is 116 cm³/mol. The summed E-state index contributed by atoms with van der Waals surface area (Å²) >= 11 is 7.27. The molecule has 2 atom stereocenters. The van der Waals surface area contributed by atoms with Crippen molar-refractivity contribution < 1.29 is 22.7 Å². The van der Waals surface area contributed by atoms with E-state index in [1.807, 2.05) is 6.92 Å². The largest absolute Gasteiger partial charge is 0.378 e. The van der Waals surface area contributed by atoms with Gasteiger partial charge < -0.3 is 14.5 Å². The molecule has 11 heteroatoms. The van der Waals surface area contributed by atoms with Crippen LogP contribution in [0.25, 0.3) is 0 Å². The molecule has 0 bridgehead atoms. The van der Waals surface area contributed by atoms with Crippen LogP contribution in [0.3, 0.4) is 0 Å². The Kier molecular flexibility index (Phi) is 7.43. The summed E-state index contributed by atoms with van der Waals surface area (Å²) in [6, 6.07) is 2.91.